The molecule has 21 heavy (non-hydrogen) atoms. The van der Waals surface area contributed by atoms with E-state index in [2.05, 4.69) is 0 Å². The van der Waals surface area contributed by atoms with E-state index in [-0.39, 0.29) is 5.56 Å². The van der Waals surface area contributed by atoms with E-state index in [1.165, 1.54) is 0 Å². The van der Waals surface area contributed by atoms with Gasteiger partial charge in [0.25, 0.3) is 0 Å². The van der Waals surface area contributed by atoms with Gasteiger partial charge in [0.05, 0.1) is 17.7 Å². The van der Waals surface area contributed by atoms with Crippen LogP contribution in [0.5, 0.6) is 0 Å². The minimum atomic E-state index is -0.622. The van der Waals surface area contributed by atoms with Crippen LogP contribution in [-0.2, 0) is 9.22 Å². The van der Waals surface area contributed by atoms with Crippen LogP contribution in [0.15, 0.2) is 18.2 Å². The highest BCUT2D eigenvalue weighted by Crippen LogP contribution is 2.39. The number of nitrogens with zero attached hydrogens (tertiary/aromatic N) is 1. The lowest BCUT2D eigenvalue weighted by Crippen LogP contribution is -2.22. The monoisotopic (exact) mass is 319 g/mol. The second-order valence-corrected chi connectivity index (χ2v) is 6.76. The normalized spacial score (nSPS) is 23.7. The molecule has 1 saturated heterocycles. The fourth-order valence-electron chi connectivity index (χ4n) is 2.08. The first-order valence-corrected chi connectivity index (χ1v) is 7.38. The van der Waals surface area contributed by atoms with E-state index >= 15 is 0 Å². The first-order chi connectivity index (χ1) is 9.76. The molecule has 0 spiro atoms. The molecule has 1 aliphatic rings. The molecule has 1 aromatic rings. The summed E-state index contributed by atoms with van der Waals surface area (Å²) < 4.78 is 33.9. The topological polar surface area (TPSA) is 41.9 Å². The fourth-order valence-corrected chi connectivity index (χ4v) is 2.92. The predicted octanol–water partition coefficient (Wildman–Crippen LogP) is 3.38. The maximum atomic E-state index is 13.9. The van der Waals surface area contributed by atoms with Crippen LogP contribution >= 0.6 is 12.2 Å². The van der Waals surface area contributed by atoms with Gasteiger partial charge >= 0.3 is 0 Å². The Kier molecular flexibility index (Phi) is 5.21. The van der Waals surface area contributed by atoms with Crippen LogP contribution in [0.3, 0.4) is 0 Å². The molecule has 1 aliphatic heterocycles. The third-order valence-electron chi connectivity index (χ3n) is 2.96. The summed E-state index contributed by atoms with van der Waals surface area (Å²) in [5.41, 5.74) is -0.274. The highest BCUT2D eigenvalue weighted by Gasteiger charge is 2.35. The van der Waals surface area contributed by atoms with Gasteiger partial charge in [-0.1, -0.05) is 0 Å². The van der Waals surface area contributed by atoms with Gasteiger partial charge in [0, 0.05) is 12.1 Å². The van der Waals surface area contributed by atoms with Crippen LogP contribution in [0.25, 0.3) is 0 Å². The maximum Gasteiger partial charge on any atom is 0.128 e. The van der Waals surface area contributed by atoms with Gasteiger partial charge in [-0.2, -0.15) is 0 Å². The second-order valence-electron chi connectivity index (χ2n) is 6.01. The molecule has 4 nitrogen and oxygen atoms in total. The van der Waals surface area contributed by atoms with Gasteiger partial charge in [-0.25, -0.2) is 18.0 Å². The van der Waals surface area contributed by atoms with Crippen molar-refractivity contribution in [3.05, 3.63) is 35.4 Å². The molecule has 1 N–H and O–H groups in total. The quantitative estimate of drug-likeness (QED) is 0.399. The summed E-state index contributed by atoms with van der Waals surface area (Å²) in [4.78, 5) is 5.14. The molecule has 1 fully saturated rings. The number of β-amino-alcohol motifs (C(OH)–C–C–N with tert-alkyl or cyclic N) is 1. The highest BCUT2D eigenvalue weighted by atomic mass is 32.2. The zero-order valence-corrected chi connectivity index (χ0v) is 13.0. The van der Waals surface area contributed by atoms with Crippen LogP contribution in [0.2, 0.25) is 0 Å². The fraction of sp³-hybridized carbons (Fsp3) is 0.571. The number of halogens is 2. The van der Waals surface area contributed by atoms with Crippen molar-refractivity contribution in [2.45, 2.75) is 44.9 Å². The minimum Gasteiger partial charge on any atom is -0.392 e. The Morgan fingerprint density at radius 1 is 1.33 bits per heavy atom. The Morgan fingerprint density at radius 2 is 2.05 bits per heavy atom. The molecule has 0 amide bonds. The molecule has 1 aromatic carbocycles. The van der Waals surface area contributed by atoms with Crippen LogP contribution in [0.1, 0.15) is 38.8 Å². The molecule has 0 bridgehead atoms. The number of rotatable bonds is 4. The molecule has 2 rings (SSSR count). The highest BCUT2D eigenvalue weighted by molar-refractivity contribution is 7.92. The Morgan fingerprint density at radius 3 is 2.71 bits per heavy atom. The summed E-state index contributed by atoms with van der Waals surface area (Å²) in [7, 11) is 0. The summed E-state index contributed by atoms with van der Waals surface area (Å²) >= 11 is 0.894. The summed E-state index contributed by atoms with van der Waals surface area (Å²) in [6.07, 6.45) is -0.310. The number of hydrogen-bond donors (Lipinski definition) is 1. The average molecular weight is 319 g/mol. The zero-order chi connectivity index (χ0) is 15.6. The third-order valence-corrected chi connectivity index (χ3v) is 3.68. The van der Waals surface area contributed by atoms with Crippen molar-refractivity contribution in [1.29, 1.82) is 0 Å². The van der Waals surface area contributed by atoms with Gasteiger partial charge in [-0.05, 0) is 45.4 Å². The molecule has 0 unspecified atom stereocenters. The van der Waals surface area contributed by atoms with Crippen molar-refractivity contribution < 1.29 is 23.1 Å². The van der Waals surface area contributed by atoms with E-state index in [0.29, 0.717) is 13.0 Å². The SMILES string of the molecule is CC(C)(C)OOSN1C[C@H](O)C[C@@H]1c1cc(F)ccc1F. The largest absolute Gasteiger partial charge is 0.392 e. The van der Waals surface area contributed by atoms with Crippen LogP contribution < -0.4 is 0 Å². The Balaban J connectivity index is 2.08. The average Bonchev–Trinajstić information content (AvgIpc) is 2.72. The third kappa shape index (κ3) is 4.62. The minimum absolute atomic E-state index is 0.207. The van der Waals surface area contributed by atoms with Gasteiger partial charge in [0.1, 0.15) is 23.9 Å². The number of hydrogen-bond acceptors (Lipinski definition) is 5. The predicted molar refractivity (Wildman–Crippen MR) is 75.9 cm³/mol. The molecule has 0 radical (unpaired) electrons. The summed E-state index contributed by atoms with van der Waals surface area (Å²) in [6.45, 7) is 5.78. The lowest BCUT2D eigenvalue weighted by atomic mass is 10.0. The maximum absolute atomic E-state index is 13.9. The first-order valence-electron chi connectivity index (χ1n) is 6.68. The van der Waals surface area contributed by atoms with Crippen molar-refractivity contribution in [3.63, 3.8) is 0 Å². The number of aliphatic hydroxyl groups excluding tert-OH is 1. The van der Waals surface area contributed by atoms with E-state index in [1.807, 2.05) is 20.8 Å². The smallest absolute Gasteiger partial charge is 0.128 e. The lowest BCUT2D eigenvalue weighted by molar-refractivity contribution is -0.264. The van der Waals surface area contributed by atoms with Crippen molar-refractivity contribution in [2.24, 2.45) is 0 Å². The molecule has 118 valence electrons. The van der Waals surface area contributed by atoms with Crippen LogP contribution in [0, 0.1) is 11.6 Å². The van der Waals surface area contributed by atoms with Crippen LogP contribution in [0.4, 0.5) is 8.78 Å². The van der Waals surface area contributed by atoms with Crippen molar-refractivity contribution in [3.8, 4) is 0 Å². The number of aliphatic hydroxyl groups is 1. The van der Waals surface area contributed by atoms with Gasteiger partial charge in [-0.3, -0.25) is 0 Å². The lowest BCUT2D eigenvalue weighted by Gasteiger charge is -2.24. The van der Waals surface area contributed by atoms with Gasteiger partial charge in [0.15, 0.2) is 0 Å². The number of benzene rings is 1. The molecule has 0 saturated carbocycles. The van der Waals surface area contributed by atoms with E-state index in [0.717, 1.165) is 30.4 Å². The van der Waals surface area contributed by atoms with E-state index in [4.69, 9.17) is 9.22 Å². The van der Waals surface area contributed by atoms with E-state index in [1.54, 1.807) is 4.31 Å². The molecule has 0 aliphatic carbocycles. The van der Waals surface area contributed by atoms with E-state index in [9.17, 15) is 13.9 Å². The molecule has 7 heteroatoms. The van der Waals surface area contributed by atoms with Gasteiger partial charge < -0.3 is 5.11 Å². The van der Waals surface area contributed by atoms with Crippen LogP contribution in [-0.4, -0.2) is 27.7 Å². The Bertz CT molecular complexity index is 496. The Hall–Kier alpha value is -0.730. The molecule has 1 heterocycles. The molecular weight excluding hydrogens is 300 g/mol. The van der Waals surface area contributed by atoms with Crippen molar-refractivity contribution >= 4 is 12.2 Å². The van der Waals surface area contributed by atoms with Crippen molar-refractivity contribution in [1.82, 2.24) is 4.31 Å². The molecule has 0 aromatic heterocycles. The Labute approximate surface area is 127 Å². The zero-order valence-electron chi connectivity index (χ0n) is 12.2. The summed E-state index contributed by atoms with van der Waals surface area (Å²) in [5.74, 6) is -1.01. The molecule has 2 atom stereocenters. The first kappa shape index (κ1) is 16.6. The van der Waals surface area contributed by atoms with Gasteiger partial charge in [-0.15, -0.1) is 4.33 Å². The standard InChI is InChI=1S/C14H19F2NO3S/c1-14(2,3)19-20-21-17-8-10(18)7-13(17)11-6-9(15)4-5-12(11)16/h4-6,10,13,18H,7-8H2,1-3H3/t10-,13-/m1/s1. The van der Waals surface area contributed by atoms with Crippen molar-refractivity contribution in [2.75, 3.05) is 6.54 Å². The van der Waals surface area contributed by atoms with Gasteiger partial charge in [0.2, 0.25) is 0 Å². The van der Waals surface area contributed by atoms with E-state index < -0.39 is 29.4 Å². The second kappa shape index (κ2) is 6.58. The summed E-state index contributed by atoms with van der Waals surface area (Å²) in [5, 5.41) is 9.78. The molecular formula is C14H19F2NO3S. The summed E-state index contributed by atoms with van der Waals surface area (Å²) in [6, 6.07) is 2.84.